The highest BCUT2D eigenvalue weighted by Gasteiger charge is 2.28. The van der Waals surface area contributed by atoms with Gasteiger partial charge in [0.15, 0.2) is 6.29 Å². The lowest BCUT2D eigenvalue weighted by molar-refractivity contribution is -0.141. The van der Waals surface area contributed by atoms with Crippen LogP contribution in [0.2, 0.25) is 0 Å². The molecule has 0 bridgehead atoms. The molecule has 2 saturated heterocycles. The SMILES string of the molecule is COC(OC)C1CCN(c2ccc(C(=O)NC3CCC(=C=O)NC3=C=O)c(F)c2)CC1. The monoisotopic (exact) mass is 431 g/mol. The lowest BCUT2D eigenvalue weighted by atomic mass is 9.95. The van der Waals surface area contributed by atoms with E-state index in [1.54, 1.807) is 32.2 Å². The molecule has 8 nitrogen and oxygen atoms in total. The number of nitrogens with one attached hydrogen (secondary N) is 2. The third-order valence-corrected chi connectivity index (χ3v) is 5.81. The number of piperidine rings is 2. The first-order valence-electron chi connectivity index (χ1n) is 10.2. The van der Waals surface area contributed by atoms with Gasteiger partial charge in [-0.05, 0) is 37.5 Å². The molecule has 0 saturated carbocycles. The fourth-order valence-corrected chi connectivity index (χ4v) is 4.09. The number of allylic oxidation sites excluding steroid dienone is 1. The van der Waals surface area contributed by atoms with Gasteiger partial charge in [-0.15, -0.1) is 0 Å². The van der Waals surface area contributed by atoms with E-state index in [2.05, 4.69) is 15.5 Å². The third-order valence-electron chi connectivity index (χ3n) is 5.81. The van der Waals surface area contributed by atoms with Crippen LogP contribution >= 0.6 is 0 Å². The van der Waals surface area contributed by atoms with Crippen LogP contribution in [0.25, 0.3) is 0 Å². The summed E-state index contributed by atoms with van der Waals surface area (Å²) < 4.78 is 25.4. The summed E-state index contributed by atoms with van der Waals surface area (Å²) in [5.74, 6) is 2.39. The first-order valence-corrected chi connectivity index (χ1v) is 10.2. The average Bonchev–Trinajstić information content (AvgIpc) is 2.80. The molecule has 0 aliphatic carbocycles. The number of anilines is 1. The lowest BCUT2D eigenvalue weighted by Gasteiger charge is -2.36. The van der Waals surface area contributed by atoms with Gasteiger partial charge in [0, 0.05) is 45.3 Å². The zero-order chi connectivity index (χ0) is 22.4. The number of halogens is 1. The molecule has 9 heteroatoms. The van der Waals surface area contributed by atoms with Crippen LogP contribution in [0.4, 0.5) is 10.1 Å². The van der Waals surface area contributed by atoms with E-state index in [9.17, 15) is 18.8 Å². The van der Waals surface area contributed by atoms with Crippen LogP contribution in [0.1, 0.15) is 36.0 Å². The summed E-state index contributed by atoms with van der Waals surface area (Å²) in [6, 6.07) is 3.83. The van der Waals surface area contributed by atoms with E-state index in [0.717, 1.165) is 25.9 Å². The fraction of sp³-hybridized carbons (Fsp3) is 0.500. The van der Waals surface area contributed by atoms with Gasteiger partial charge in [-0.2, -0.15) is 0 Å². The molecule has 166 valence electrons. The van der Waals surface area contributed by atoms with Crippen molar-refractivity contribution in [2.75, 3.05) is 32.2 Å². The summed E-state index contributed by atoms with van der Waals surface area (Å²) in [5.41, 5.74) is 0.848. The smallest absolute Gasteiger partial charge is 0.254 e. The van der Waals surface area contributed by atoms with Crippen LogP contribution < -0.4 is 15.5 Å². The number of amides is 1. The van der Waals surface area contributed by atoms with Gasteiger partial charge in [0.1, 0.15) is 29.1 Å². The minimum atomic E-state index is -0.672. The number of carbonyl (C=O) groups is 1. The summed E-state index contributed by atoms with van der Waals surface area (Å²) in [5, 5.41) is 5.23. The molecule has 2 heterocycles. The molecular formula is C22H26FN3O5. The van der Waals surface area contributed by atoms with Crippen molar-refractivity contribution >= 4 is 23.5 Å². The second-order valence-corrected chi connectivity index (χ2v) is 7.61. The normalized spacial score (nSPS) is 19.6. The molecule has 1 unspecified atom stereocenters. The molecule has 31 heavy (non-hydrogen) atoms. The van der Waals surface area contributed by atoms with E-state index < -0.39 is 17.8 Å². The third kappa shape index (κ3) is 5.21. The van der Waals surface area contributed by atoms with Crippen LogP contribution in [0.3, 0.4) is 0 Å². The number of hydrogen-bond acceptors (Lipinski definition) is 7. The van der Waals surface area contributed by atoms with E-state index in [-0.39, 0.29) is 29.2 Å². The Hall–Kier alpha value is -2.96. The van der Waals surface area contributed by atoms with Crippen molar-refractivity contribution < 1.29 is 28.2 Å². The zero-order valence-corrected chi connectivity index (χ0v) is 17.6. The van der Waals surface area contributed by atoms with Crippen LogP contribution in [0, 0.1) is 11.7 Å². The molecule has 2 N–H and O–H groups in total. The highest BCUT2D eigenvalue weighted by molar-refractivity contribution is 5.95. The standard InChI is InChI=1S/C22H26FN3O5/c1-30-22(31-2)14-7-9-26(10-8-14)16-4-5-17(18(23)11-16)21(29)25-19-6-3-15(12-27)24-20(19)13-28/h4-5,11,14,19,22,24H,3,6-10H2,1-2H3,(H,25,29). The van der Waals surface area contributed by atoms with Crippen molar-refractivity contribution in [1.29, 1.82) is 0 Å². The average molecular weight is 431 g/mol. The van der Waals surface area contributed by atoms with E-state index in [0.29, 0.717) is 18.5 Å². The van der Waals surface area contributed by atoms with E-state index in [4.69, 9.17) is 9.47 Å². The molecule has 3 rings (SSSR count). The van der Waals surface area contributed by atoms with Crippen molar-refractivity contribution in [3.8, 4) is 0 Å². The van der Waals surface area contributed by atoms with Crippen LogP contribution in [0.15, 0.2) is 29.6 Å². The Balaban J connectivity index is 1.64. The zero-order valence-electron chi connectivity index (χ0n) is 17.6. The predicted octanol–water partition coefficient (Wildman–Crippen LogP) is 1.57. The summed E-state index contributed by atoms with van der Waals surface area (Å²) in [4.78, 5) is 36.5. The minimum Gasteiger partial charge on any atom is -0.371 e. The van der Waals surface area contributed by atoms with Crippen molar-refractivity contribution in [3.05, 3.63) is 41.0 Å². The van der Waals surface area contributed by atoms with Crippen LogP contribution in [0.5, 0.6) is 0 Å². The van der Waals surface area contributed by atoms with E-state index >= 15 is 0 Å². The number of rotatable bonds is 6. The maximum absolute atomic E-state index is 14.7. The molecule has 0 spiro atoms. The van der Waals surface area contributed by atoms with E-state index in [1.165, 1.54) is 12.1 Å². The first kappa shape index (κ1) is 22.7. The van der Waals surface area contributed by atoms with Crippen LogP contribution in [-0.4, -0.2) is 57.4 Å². The first-order chi connectivity index (χ1) is 15.0. The number of carbonyl (C=O) groups excluding carboxylic acids is 3. The summed E-state index contributed by atoms with van der Waals surface area (Å²) in [6.45, 7) is 1.46. The molecule has 1 amide bonds. The highest BCUT2D eigenvalue weighted by atomic mass is 19.1. The summed E-state index contributed by atoms with van der Waals surface area (Å²) in [7, 11) is 3.24. The van der Waals surface area contributed by atoms with Crippen molar-refractivity contribution in [1.82, 2.24) is 10.6 Å². The van der Waals surface area contributed by atoms with E-state index in [1.807, 2.05) is 0 Å². The largest absolute Gasteiger partial charge is 0.371 e. The maximum atomic E-state index is 14.7. The van der Waals surface area contributed by atoms with Gasteiger partial charge in [0.25, 0.3) is 5.91 Å². The Morgan fingerprint density at radius 1 is 1.19 bits per heavy atom. The molecule has 1 atom stereocenters. The fourth-order valence-electron chi connectivity index (χ4n) is 4.09. The lowest BCUT2D eigenvalue weighted by Crippen LogP contribution is -2.44. The topological polar surface area (TPSA) is 97.0 Å². The van der Waals surface area contributed by atoms with Crippen molar-refractivity contribution in [2.24, 2.45) is 5.92 Å². The Morgan fingerprint density at radius 2 is 1.90 bits per heavy atom. The summed E-state index contributed by atoms with van der Waals surface area (Å²) >= 11 is 0. The predicted molar refractivity (Wildman–Crippen MR) is 111 cm³/mol. The van der Waals surface area contributed by atoms with Gasteiger partial charge in [-0.25, -0.2) is 14.0 Å². The Labute approximate surface area is 180 Å². The van der Waals surface area contributed by atoms with Crippen LogP contribution in [-0.2, 0) is 19.1 Å². The molecule has 1 aromatic carbocycles. The van der Waals surface area contributed by atoms with Crippen molar-refractivity contribution in [2.45, 2.75) is 38.0 Å². The molecule has 2 aliphatic heterocycles. The maximum Gasteiger partial charge on any atom is 0.254 e. The number of ether oxygens (including phenoxy) is 2. The highest BCUT2D eigenvalue weighted by Crippen LogP contribution is 2.28. The van der Waals surface area contributed by atoms with Crippen molar-refractivity contribution in [3.63, 3.8) is 0 Å². The molecule has 0 aromatic heterocycles. The number of benzene rings is 1. The Kier molecular flexibility index (Phi) is 7.60. The molecule has 0 radical (unpaired) electrons. The van der Waals surface area contributed by atoms with Gasteiger partial charge in [0.05, 0.1) is 11.6 Å². The second-order valence-electron chi connectivity index (χ2n) is 7.61. The number of methoxy groups -OCH3 is 2. The molecule has 2 aliphatic rings. The van der Waals surface area contributed by atoms with Gasteiger partial charge in [-0.1, -0.05) is 0 Å². The van der Waals surface area contributed by atoms with Gasteiger partial charge >= 0.3 is 0 Å². The summed E-state index contributed by atoms with van der Waals surface area (Å²) in [6.07, 6.45) is 2.10. The van der Waals surface area contributed by atoms with Gasteiger partial charge in [0.2, 0.25) is 0 Å². The second kappa shape index (κ2) is 10.4. The number of nitrogens with zero attached hydrogens (tertiary/aromatic N) is 1. The Bertz CT molecular complexity index is 912. The quantitative estimate of drug-likeness (QED) is 0.521. The molecule has 1 aromatic rings. The van der Waals surface area contributed by atoms with Gasteiger partial charge < -0.3 is 25.0 Å². The number of hydrogen-bond donors (Lipinski definition) is 2. The molecule has 2 fully saturated rings. The molecular weight excluding hydrogens is 405 g/mol. The minimum absolute atomic E-state index is 0.0308. The Morgan fingerprint density at radius 3 is 2.48 bits per heavy atom. The van der Waals surface area contributed by atoms with Gasteiger partial charge in [-0.3, -0.25) is 4.79 Å².